The first-order chi connectivity index (χ1) is 18.5. The third-order valence-corrected chi connectivity index (χ3v) is 7.01. The Balaban J connectivity index is 1.44. The van der Waals surface area contributed by atoms with Crippen LogP contribution in [0.3, 0.4) is 0 Å². The largest absolute Gasteiger partial charge is 0.487 e. The van der Waals surface area contributed by atoms with E-state index in [0.29, 0.717) is 34.3 Å². The van der Waals surface area contributed by atoms with Gasteiger partial charge in [0, 0.05) is 52.4 Å². The van der Waals surface area contributed by atoms with Crippen LogP contribution in [0.5, 0.6) is 5.75 Å². The summed E-state index contributed by atoms with van der Waals surface area (Å²) in [6.45, 7) is 4.48. The quantitative estimate of drug-likeness (QED) is 0.219. The second-order valence-corrected chi connectivity index (χ2v) is 9.71. The van der Waals surface area contributed by atoms with Crippen LogP contribution in [0.25, 0.3) is 22.3 Å². The highest BCUT2D eigenvalue weighted by Crippen LogP contribution is 2.34. The molecule has 1 amide bonds. The molecule has 0 saturated carbocycles. The lowest BCUT2D eigenvalue weighted by molar-refractivity contribution is -0.121. The summed E-state index contributed by atoms with van der Waals surface area (Å²) in [6.07, 6.45) is 6.85. The van der Waals surface area contributed by atoms with Crippen LogP contribution in [0, 0.1) is 6.92 Å². The molecule has 0 spiro atoms. The maximum absolute atomic E-state index is 12.0. The Morgan fingerprint density at radius 3 is 2.71 bits per heavy atom. The van der Waals surface area contributed by atoms with Gasteiger partial charge in [-0.05, 0) is 55.8 Å². The van der Waals surface area contributed by atoms with Crippen molar-refractivity contribution in [2.45, 2.75) is 39.8 Å². The minimum atomic E-state index is 0.0196. The van der Waals surface area contributed by atoms with Crippen LogP contribution in [0.15, 0.2) is 73.2 Å². The number of hydrogen-bond acceptors (Lipinski definition) is 4. The van der Waals surface area contributed by atoms with Gasteiger partial charge in [-0.15, -0.1) is 0 Å². The van der Waals surface area contributed by atoms with Crippen molar-refractivity contribution in [2.24, 2.45) is 0 Å². The topological polar surface area (TPSA) is 74.0 Å². The van der Waals surface area contributed by atoms with E-state index >= 15 is 0 Å². The minimum absolute atomic E-state index is 0.0196. The average Bonchev–Trinajstić information content (AvgIpc) is 3.60. The lowest BCUT2D eigenvalue weighted by Crippen LogP contribution is -2.23. The molecule has 2 aromatic carbocycles. The Morgan fingerprint density at radius 2 is 1.92 bits per heavy atom. The molecule has 0 unspecified atom stereocenters. The van der Waals surface area contributed by atoms with Gasteiger partial charge in [0.15, 0.2) is 0 Å². The van der Waals surface area contributed by atoms with Crippen LogP contribution < -0.4 is 10.1 Å². The highest BCUT2D eigenvalue weighted by atomic mass is 35.5. The van der Waals surface area contributed by atoms with E-state index < -0.39 is 0 Å². The van der Waals surface area contributed by atoms with Gasteiger partial charge in [0.2, 0.25) is 5.91 Å². The van der Waals surface area contributed by atoms with E-state index in [1.165, 1.54) is 0 Å². The van der Waals surface area contributed by atoms with E-state index in [1.54, 1.807) is 6.20 Å². The fraction of sp³-hybridized carbons (Fsp3) is 0.207. The second-order valence-electron chi connectivity index (χ2n) is 8.93. The summed E-state index contributed by atoms with van der Waals surface area (Å²) in [5, 5.41) is 9.25. The molecule has 9 heteroatoms. The number of amides is 1. The molecule has 1 N–H and O–H groups in total. The zero-order chi connectivity index (χ0) is 26.6. The first-order valence-corrected chi connectivity index (χ1v) is 13.1. The van der Waals surface area contributed by atoms with E-state index in [0.717, 1.165) is 40.1 Å². The molecule has 0 aliphatic carbocycles. The Morgan fingerprint density at radius 1 is 1.05 bits per heavy atom. The van der Waals surface area contributed by atoms with E-state index in [4.69, 9.17) is 32.9 Å². The highest BCUT2D eigenvalue weighted by molar-refractivity contribution is 6.37. The Kier molecular flexibility index (Phi) is 7.67. The number of carbonyl (C=O) groups excluding carboxylic acids is 1. The molecule has 0 aliphatic rings. The van der Waals surface area contributed by atoms with Crippen LogP contribution in [0.1, 0.15) is 36.7 Å². The molecule has 3 heterocycles. The summed E-state index contributed by atoms with van der Waals surface area (Å²) in [4.78, 5) is 16.7. The van der Waals surface area contributed by atoms with Gasteiger partial charge < -0.3 is 14.6 Å². The SMILES string of the molecule is CCCC(=O)NCc1cccn1-c1ccc(Cl)c(COc2cccc3c(-n4cccn4)cc(C)nc23)c1Cl. The molecule has 0 fully saturated rings. The van der Waals surface area contributed by atoms with Crippen LogP contribution in [-0.4, -0.2) is 25.2 Å². The van der Waals surface area contributed by atoms with Crippen molar-refractivity contribution < 1.29 is 9.53 Å². The van der Waals surface area contributed by atoms with Crippen molar-refractivity contribution in [2.75, 3.05) is 0 Å². The number of para-hydroxylation sites is 1. The van der Waals surface area contributed by atoms with Gasteiger partial charge in [-0.2, -0.15) is 5.10 Å². The molecule has 0 bridgehead atoms. The van der Waals surface area contributed by atoms with Crippen molar-refractivity contribution in [1.82, 2.24) is 24.6 Å². The maximum Gasteiger partial charge on any atom is 0.220 e. The van der Waals surface area contributed by atoms with Gasteiger partial charge in [0.1, 0.15) is 17.9 Å². The Labute approximate surface area is 231 Å². The third-order valence-electron chi connectivity index (χ3n) is 6.23. The number of carbonyl (C=O) groups is 1. The van der Waals surface area contributed by atoms with Gasteiger partial charge in [0.25, 0.3) is 0 Å². The van der Waals surface area contributed by atoms with E-state index in [9.17, 15) is 4.79 Å². The van der Waals surface area contributed by atoms with Gasteiger partial charge in [-0.3, -0.25) is 4.79 Å². The molecule has 3 aromatic heterocycles. The number of pyridine rings is 1. The summed E-state index contributed by atoms with van der Waals surface area (Å²) < 4.78 is 10.0. The Bertz CT molecular complexity index is 1590. The molecular formula is C29H27Cl2N5O2. The maximum atomic E-state index is 12.0. The first kappa shape index (κ1) is 25.8. The molecule has 0 radical (unpaired) electrons. The predicted octanol–water partition coefficient (Wildman–Crippen LogP) is 6.82. The molecule has 194 valence electrons. The average molecular weight is 548 g/mol. The predicted molar refractivity (Wildman–Crippen MR) is 150 cm³/mol. The molecule has 5 rings (SSSR count). The van der Waals surface area contributed by atoms with Crippen LogP contribution in [-0.2, 0) is 17.9 Å². The van der Waals surface area contributed by atoms with Crippen molar-refractivity contribution in [1.29, 1.82) is 0 Å². The number of ether oxygens (including phenoxy) is 1. The van der Waals surface area contributed by atoms with Gasteiger partial charge in [0.05, 0.1) is 22.9 Å². The number of hydrogen-bond donors (Lipinski definition) is 1. The minimum Gasteiger partial charge on any atom is -0.487 e. The number of nitrogens with one attached hydrogen (secondary N) is 1. The second kappa shape index (κ2) is 11.3. The molecule has 7 nitrogen and oxygen atoms in total. The zero-order valence-electron chi connectivity index (χ0n) is 21.1. The number of rotatable bonds is 9. The van der Waals surface area contributed by atoms with Gasteiger partial charge in [-0.25, -0.2) is 9.67 Å². The molecule has 38 heavy (non-hydrogen) atoms. The standard InChI is InChI=1S/C29H27Cl2N5O2/c1-3-7-27(37)32-17-20-8-5-14-35(20)24-12-11-23(30)22(28(24)31)18-38-26-10-4-9-21-25(36-15-6-13-33-36)16-19(2)34-29(21)26/h4-6,8-16H,3,7,17-18H2,1-2H3,(H,32,37). The van der Waals surface area contributed by atoms with Crippen LogP contribution >= 0.6 is 23.2 Å². The van der Waals surface area contributed by atoms with Crippen molar-refractivity contribution in [3.63, 3.8) is 0 Å². The summed E-state index contributed by atoms with van der Waals surface area (Å²) in [5.41, 5.74) is 4.84. The number of fused-ring (bicyclic) bond motifs is 1. The molecular weight excluding hydrogens is 521 g/mol. The van der Waals surface area contributed by atoms with Crippen LogP contribution in [0.2, 0.25) is 10.0 Å². The smallest absolute Gasteiger partial charge is 0.220 e. The number of aryl methyl sites for hydroxylation is 1. The Hall–Kier alpha value is -3.81. The van der Waals surface area contributed by atoms with E-state index in [1.807, 2.05) is 90.1 Å². The number of halogens is 2. The van der Waals surface area contributed by atoms with E-state index in [-0.39, 0.29) is 12.5 Å². The van der Waals surface area contributed by atoms with Crippen molar-refractivity contribution in [3.05, 3.63) is 100 Å². The summed E-state index contributed by atoms with van der Waals surface area (Å²) >= 11 is 13.5. The molecule has 0 aliphatic heterocycles. The fourth-order valence-electron chi connectivity index (χ4n) is 4.40. The first-order valence-electron chi connectivity index (χ1n) is 12.4. The van der Waals surface area contributed by atoms with Gasteiger partial charge in [-0.1, -0.05) is 42.3 Å². The molecule has 0 saturated heterocycles. The normalized spacial score (nSPS) is 11.2. The lowest BCUT2D eigenvalue weighted by atomic mass is 10.1. The third kappa shape index (κ3) is 5.26. The highest BCUT2D eigenvalue weighted by Gasteiger charge is 2.17. The van der Waals surface area contributed by atoms with Crippen molar-refractivity contribution in [3.8, 4) is 17.1 Å². The summed E-state index contributed by atoms with van der Waals surface area (Å²) in [5.74, 6) is 0.642. The number of benzene rings is 2. The van der Waals surface area contributed by atoms with Gasteiger partial charge >= 0.3 is 0 Å². The molecule has 5 aromatic rings. The molecule has 0 atom stereocenters. The number of aromatic nitrogens is 4. The lowest BCUT2D eigenvalue weighted by Gasteiger charge is -2.17. The van der Waals surface area contributed by atoms with Crippen LogP contribution in [0.4, 0.5) is 0 Å². The number of nitrogens with zero attached hydrogens (tertiary/aromatic N) is 4. The zero-order valence-corrected chi connectivity index (χ0v) is 22.6. The van der Waals surface area contributed by atoms with Crippen molar-refractivity contribution >= 4 is 40.0 Å². The summed E-state index contributed by atoms with van der Waals surface area (Å²) in [6, 6.07) is 17.2. The van der Waals surface area contributed by atoms with E-state index in [2.05, 4.69) is 10.4 Å². The monoisotopic (exact) mass is 547 g/mol. The summed E-state index contributed by atoms with van der Waals surface area (Å²) in [7, 11) is 0. The fourth-order valence-corrected chi connectivity index (χ4v) is 4.97.